The molecule has 144 valence electrons. The van der Waals surface area contributed by atoms with Crippen molar-refractivity contribution >= 4 is 29.0 Å². The first-order chi connectivity index (χ1) is 13.3. The van der Waals surface area contributed by atoms with Crippen LogP contribution in [0.5, 0.6) is 0 Å². The van der Waals surface area contributed by atoms with Crippen LogP contribution in [-0.2, 0) is 4.79 Å². The number of thiophene rings is 1. The number of piperidine rings is 1. The van der Waals surface area contributed by atoms with Crippen LogP contribution in [0.25, 0.3) is 10.7 Å². The molecule has 0 bridgehead atoms. The summed E-state index contributed by atoms with van der Waals surface area (Å²) in [5.41, 5.74) is 0. The quantitative estimate of drug-likeness (QED) is 0.685. The van der Waals surface area contributed by atoms with Crippen LogP contribution in [0.1, 0.15) is 57.4 Å². The van der Waals surface area contributed by atoms with E-state index in [1.807, 2.05) is 0 Å². The predicted octanol–water partition coefficient (Wildman–Crippen LogP) is 4.61. The van der Waals surface area contributed by atoms with Gasteiger partial charge in [0.1, 0.15) is 0 Å². The molecule has 0 unspecified atom stereocenters. The fourth-order valence-corrected chi connectivity index (χ4v) is 6.35. The Balaban J connectivity index is 1.29. The third-order valence-electron chi connectivity index (χ3n) is 6.21. The van der Waals surface area contributed by atoms with Gasteiger partial charge in [-0.1, -0.05) is 30.7 Å². The zero-order chi connectivity index (χ0) is 18.2. The second-order valence-corrected chi connectivity index (χ2v) is 9.90. The molecule has 5 nitrogen and oxygen atoms in total. The molecule has 0 spiro atoms. The molecule has 2 aliphatic carbocycles. The van der Waals surface area contributed by atoms with Gasteiger partial charge in [-0.2, -0.15) is 0 Å². The van der Waals surface area contributed by atoms with Crippen LogP contribution in [0, 0.1) is 5.92 Å². The molecule has 2 saturated carbocycles. The highest BCUT2D eigenvalue weighted by Crippen LogP contribution is 2.42. The maximum Gasteiger partial charge on any atom is 0.233 e. The van der Waals surface area contributed by atoms with Crippen molar-refractivity contribution in [2.75, 3.05) is 12.3 Å². The van der Waals surface area contributed by atoms with Gasteiger partial charge in [-0.15, -0.1) is 21.5 Å². The summed E-state index contributed by atoms with van der Waals surface area (Å²) in [7, 11) is 0. The second-order valence-electron chi connectivity index (χ2n) is 8.01. The maximum atomic E-state index is 13.0. The largest absolute Gasteiger partial charge is 0.339 e. The molecule has 2 aromatic heterocycles. The Bertz CT molecular complexity index is 797. The third kappa shape index (κ3) is 3.56. The van der Waals surface area contributed by atoms with Gasteiger partial charge in [0.15, 0.2) is 11.0 Å². The van der Waals surface area contributed by atoms with E-state index in [1.54, 1.807) is 23.1 Å². The average molecular weight is 403 g/mol. The first kappa shape index (κ1) is 17.7. The van der Waals surface area contributed by atoms with E-state index < -0.39 is 0 Å². The minimum absolute atomic E-state index is 0.291. The fraction of sp³-hybridized carbons (Fsp3) is 0.650. The number of nitrogens with zero attached hydrogens (tertiary/aromatic N) is 4. The molecule has 2 atom stereocenters. The van der Waals surface area contributed by atoms with Gasteiger partial charge in [-0.25, -0.2) is 0 Å². The number of likely N-dealkylation sites (tertiary alicyclic amines) is 1. The summed E-state index contributed by atoms with van der Waals surface area (Å²) in [4.78, 5) is 16.4. The highest BCUT2D eigenvalue weighted by molar-refractivity contribution is 7.99. The first-order valence-electron chi connectivity index (χ1n) is 10.2. The molecule has 3 aliphatic rings. The van der Waals surface area contributed by atoms with E-state index in [1.165, 1.54) is 51.4 Å². The van der Waals surface area contributed by atoms with Crippen molar-refractivity contribution in [1.82, 2.24) is 19.7 Å². The predicted molar refractivity (Wildman–Crippen MR) is 109 cm³/mol. The van der Waals surface area contributed by atoms with Crippen LogP contribution in [-0.4, -0.2) is 43.9 Å². The van der Waals surface area contributed by atoms with Crippen LogP contribution >= 0.6 is 23.1 Å². The molecular weight excluding hydrogens is 376 g/mol. The summed E-state index contributed by atoms with van der Waals surface area (Å²) in [5, 5.41) is 11.9. The Morgan fingerprint density at radius 3 is 2.81 bits per heavy atom. The van der Waals surface area contributed by atoms with Crippen molar-refractivity contribution in [3.8, 4) is 10.7 Å². The second kappa shape index (κ2) is 7.59. The van der Waals surface area contributed by atoms with E-state index in [0.29, 0.717) is 23.7 Å². The Labute approximate surface area is 168 Å². The number of aromatic nitrogens is 3. The van der Waals surface area contributed by atoms with Gasteiger partial charge in [0, 0.05) is 18.6 Å². The minimum atomic E-state index is 0.291. The van der Waals surface area contributed by atoms with E-state index in [9.17, 15) is 4.79 Å². The molecule has 3 heterocycles. The topological polar surface area (TPSA) is 51.0 Å². The van der Waals surface area contributed by atoms with Gasteiger partial charge in [0.2, 0.25) is 5.91 Å². The summed E-state index contributed by atoms with van der Waals surface area (Å²) in [6, 6.07) is 5.15. The van der Waals surface area contributed by atoms with Gasteiger partial charge < -0.3 is 4.90 Å². The van der Waals surface area contributed by atoms with E-state index in [2.05, 4.69) is 37.2 Å². The molecule has 7 heteroatoms. The lowest BCUT2D eigenvalue weighted by Crippen LogP contribution is -2.50. The van der Waals surface area contributed by atoms with Gasteiger partial charge in [0.25, 0.3) is 0 Å². The number of carbonyl (C=O) groups is 1. The number of amides is 1. The Morgan fingerprint density at radius 2 is 2.00 bits per heavy atom. The summed E-state index contributed by atoms with van der Waals surface area (Å²) >= 11 is 3.28. The molecule has 2 aromatic rings. The van der Waals surface area contributed by atoms with Crippen molar-refractivity contribution in [3.05, 3.63) is 17.5 Å². The Morgan fingerprint density at radius 1 is 1.15 bits per heavy atom. The normalized spacial score (nSPS) is 25.4. The lowest BCUT2D eigenvalue weighted by molar-refractivity contribution is -0.134. The minimum Gasteiger partial charge on any atom is -0.339 e. The SMILES string of the molecule is O=C(CSc1nnc(-c2cccs2)n1C1CC1)N1CCC[C@H]2CCCC[C@H]21. The van der Waals surface area contributed by atoms with Crippen molar-refractivity contribution in [2.45, 2.75) is 68.6 Å². The number of rotatable bonds is 5. The highest BCUT2D eigenvalue weighted by atomic mass is 32.2. The average Bonchev–Trinajstić information content (AvgIpc) is 3.23. The van der Waals surface area contributed by atoms with E-state index in [0.717, 1.165) is 28.3 Å². The molecule has 0 aromatic carbocycles. The lowest BCUT2D eigenvalue weighted by Gasteiger charge is -2.44. The smallest absolute Gasteiger partial charge is 0.233 e. The Hall–Kier alpha value is -1.34. The molecule has 0 N–H and O–H groups in total. The van der Waals surface area contributed by atoms with Crippen LogP contribution in [0.2, 0.25) is 0 Å². The van der Waals surface area contributed by atoms with Crippen LogP contribution in [0.3, 0.4) is 0 Å². The number of carbonyl (C=O) groups excluding carboxylic acids is 1. The molecule has 1 saturated heterocycles. The number of thioether (sulfide) groups is 1. The maximum absolute atomic E-state index is 13.0. The van der Waals surface area contributed by atoms with Crippen LogP contribution < -0.4 is 0 Å². The molecule has 1 amide bonds. The Kier molecular flexibility index (Phi) is 4.98. The van der Waals surface area contributed by atoms with Crippen molar-refractivity contribution in [2.24, 2.45) is 5.92 Å². The molecule has 27 heavy (non-hydrogen) atoms. The van der Waals surface area contributed by atoms with Gasteiger partial charge in [-0.05, 0) is 55.9 Å². The van der Waals surface area contributed by atoms with Crippen LogP contribution in [0.15, 0.2) is 22.7 Å². The van der Waals surface area contributed by atoms with Gasteiger partial charge >= 0.3 is 0 Å². The number of hydrogen-bond donors (Lipinski definition) is 0. The summed E-state index contributed by atoms with van der Waals surface area (Å²) in [5.74, 6) is 2.48. The molecule has 1 aliphatic heterocycles. The highest BCUT2D eigenvalue weighted by Gasteiger charge is 2.36. The van der Waals surface area contributed by atoms with Gasteiger partial charge in [0.05, 0.1) is 10.6 Å². The monoisotopic (exact) mass is 402 g/mol. The molecule has 3 fully saturated rings. The van der Waals surface area contributed by atoms with E-state index >= 15 is 0 Å². The number of fused-ring (bicyclic) bond motifs is 1. The summed E-state index contributed by atoms with van der Waals surface area (Å²) in [6.45, 7) is 0.941. The molecule has 0 radical (unpaired) electrons. The fourth-order valence-electron chi connectivity index (χ4n) is 4.75. The standard InChI is InChI=1S/C20H26N4OS2/c25-18(23-11-3-6-14-5-1-2-7-16(14)23)13-27-20-22-21-19(17-8-4-12-26-17)24(20)15-9-10-15/h4,8,12,14-16H,1-3,5-7,9-11,13H2/t14-,16-/m1/s1. The van der Waals surface area contributed by atoms with E-state index in [-0.39, 0.29) is 0 Å². The van der Waals surface area contributed by atoms with Crippen LogP contribution in [0.4, 0.5) is 0 Å². The molecular formula is C20H26N4OS2. The first-order valence-corrected chi connectivity index (χ1v) is 12.1. The van der Waals surface area contributed by atoms with Crippen molar-refractivity contribution in [1.29, 1.82) is 0 Å². The lowest BCUT2D eigenvalue weighted by atomic mass is 9.78. The van der Waals surface area contributed by atoms with E-state index in [4.69, 9.17) is 0 Å². The van der Waals surface area contributed by atoms with Crippen molar-refractivity contribution in [3.63, 3.8) is 0 Å². The zero-order valence-electron chi connectivity index (χ0n) is 15.5. The van der Waals surface area contributed by atoms with Crippen molar-refractivity contribution < 1.29 is 4.79 Å². The summed E-state index contributed by atoms with van der Waals surface area (Å²) in [6.07, 6.45) is 9.97. The molecule has 5 rings (SSSR count). The summed E-state index contributed by atoms with van der Waals surface area (Å²) < 4.78 is 2.27. The third-order valence-corrected chi connectivity index (χ3v) is 8.00. The van der Waals surface area contributed by atoms with Gasteiger partial charge in [-0.3, -0.25) is 9.36 Å². The number of hydrogen-bond acceptors (Lipinski definition) is 5. The zero-order valence-corrected chi connectivity index (χ0v) is 17.2.